The monoisotopic (exact) mass is 308 g/mol. The number of methoxy groups -OCH3 is 1. The van der Waals surface area contributed by atoms with Gasteiger partial charge in [0.15, 0.2) is 5.76 Å². The molecule has 0 amide bonds. The van der Waals surface area contributed by atoms with Gasteiger partial charge in [0.2, 0.25) is 5.78 Å². The van der Waals surface area contributed by atoms with Crippen molar-refractivity contribution in [3.8, 4) is 11.5 Å². The lowest BCUT2D eigenvalue weighted by Crippen LogP contribution is -1.98. The summed E-state index contributed by atoms with van der Waals surface area (Å²) in [5.74, 6) is 2.08. The molecule has 0 spiro atoms. The van der Waals surface area contributed by atoms with Crippen molar-refractivity contribution in [3.05, 3.63) is 64.4 Å². The van der Waals surface area contributed by atoms with Crippen LogP contribution in [0.5, 0.6) is 11.5 Å². The molecule has 3 heteroatoms. The van der Waals surface area contributed by atoms with Crippen LogP contribution in [0.3, 0.4) is 0 Å². The Morgan fingerprint density at radius 3 is 2.39 bits per heavy atom. The summed E-state index contributed by atoms with van der Waals surface area (Å²) < 4.78 is 11.1. The summed E-state index contributed by atoms with van der Waals surface area (Å²) in [5, 5.41) is 0. The van der Waals surface area contributed by atoms with Crippen molar-refractivity contribution in [2.75, 3.05) is 7.11 Å². The average molecular weight is 308 g/mol. The zero-order valence-electron chi connectivity index (χ0n) is 13.8. The van der Waals surface area contributed by atoms with Gasteiger partial charge in [0.25, 0.3) is 0 Å². The van der Waals surface area contributed by atoms with Gasteiger partial charge in [-0.2, -0.15) is 0 Å². The summed E-state index contributed by atoms with van der Waals surface area (Å²) in [4.78, 5) is 12.5. The summed E-state index contributed by atoms with van der Waals surface area (Å²) in [7, 11) is 1.61. The maximum Gasteiger partial charge on any atom is 0.231 e. The molecule has 0 bridgehead atoms. The molecule has 0 aliphatic carbocycles. The van der Waals surface area contributed by atoms with E-state index in [1.54, 1.807) is 25.3 Å². The lowest BCUT2D eigenvalue weighted by molar-refractivity contribution is 0.101. The van der Waals surface area contributed by atoms with Crippen LogP contribution < -0.4 is 9.47 Å². The van der Waals surface area contributed by atoms with Crippen LogP contribution in [0.2, 0.25) is 0 Å². The van der Waals surface area contributed by atoms with E-state index in [2.05, 4.69) is 26.0 Å². The quantitative estimate of drug-likeness (QED) is 0.768. The number of hydrogen-bond acceptors (Lipinski definition) is 3. The molecule has 0 fully saturated rings. The molecule has 0 saturated heterocycles. The number of rotatable bonds is 3. The number of hydrogen-bond donors (Lipinski definition) is 0. The number of fused-ring (bicyclic) bond motifs is 1. The number of carbonyl (C=O) groups excluding carboxylic acids is 1. The highest BCUT2D eigenvalue weighted by Gasteiger charge is 2.29. The first kappa shape index (κ1) is 15.3. The zero-order chi connectivity index (χ0) is 16.6. The van der Waals surface area contributed by atoms with Crippen LogP contribution in [0, 0.1) is 6.92 Å². The van der Waals surface area contributed by atoms with Crippen molar-refractivity contribution >= 4 is 11.9 Å². The van der Waals surface area contributed by atoms with Crippen molar-refractivity contribution in [1.82, 2.24) is 0 Å². The van der Waals surface area contributed by atoms with Crippen LogP contribution in [0.1, 0.15) is 46.8 Å². The van der Waals surface area contributed by atoms with Gasteiger partial charge in [-0.05, 0) is 42.2 Å². The number of ketones is 1. The number of allylic oxidation sites excluding steroid dienone is 1. The second-order valence-electron chi connectivity index (χ2n) is 6.03. The van der Waals surface area contributed by atoms with E-state index in [9.17, 15) is 4.79 Å². The van der Waals surface area contributed by atoms with Gasteiger partial charge >= 0.3 is 0 Å². The van der Waals surface area contributed by atoms with Gasteiger partial charge in [-0.25, -0.2) is 0 Å². The molecule has 0 N–H and O–H groups in total. The Bertz CT molecular complexity index is 783. The van der Waals surface area contributed by atoms with Gasteiger partial charge in [-0.1, -0.05) is 38.1 Å². The molecule has 1 heterocycles. The molecule has 3 rings (SSSR count). The van der Waals surface area contributed by atoms with Crippen molar-refractivity contribution in [2.45, 2.75) is 26.7 Å². The highest BCUT2D eigenvalue weighted by Crippen LogP contribution is 2.39. The summed E-state index contributed by atoms with van der Waals surface area (Å²) in [6.07, 6.45) is 1.79. The molecule has 2 aromatic rings. The first-order valence-corrected chi connectivity index (χ1v) is 7.73. The van der Waals surface area contributed by atoms with Crippen LogP contribution in [0.15, 0.2) is 42.2 Å². The van der Waals surface area contributed by atoms with E-state index in [1.165, 1.54) is 5.56 Å². The van der Waals surface area contributed by atoms with Crippen LogP contribution in [-0.4, -0.2) is 12.9 Å². The van der Waals surface area contributed by atoms with Gasteiger partial charge in [0.05, 0.1) is 12.7 Å². The summed E-state index contributed by atoms with van der Waals surface area (Å²) in [5.41, 5.74) is 3.66. The first-order chi connectivity index (χ1) is 11.0. The molecule has 118 valence electrons. The molecule has 1 aliphatic rings. The topological polar surface area (TPSA) is 35.5 Å². The Hall–Kier alpha value is -2.55. The Morgan fingerprint density at radius 1 is 1.09 bits per heavy atom. The van der Waals surface area contributed by atoms with Crippen molar-refractivity contribution < 1.29 is 14.3 Å². The highest BCUT2D eigenvalue weighted by atomic mass is 16.5. The molecule has 23 heavy (non-hydrogen) atoms. The van der Waals surface area contributed by atoms with Crippen molar-refractivity contribution in [2.24, 2.45) is 0 Å². The first-order valence-electron chi connectivity index (χ1n) is 7.73. The number of benzene rings is 2. The van der Waals surface area contributed by atoms with Crippen molar-refractivity contribution in [3.63, 3.8) is 0 Å². The van der Waals surface area contributed by atoms with E-state index in [0.29, 0.717) is 23.0 Å². The minimum Gasteiger partial charge on any atom is -0.496 e. The van der Waals surface area contributed by atoms with E-state index in [0.717, 1.165) is 16.9 Å². The molecular weight excluding hydrogens is 288 g/mol. The normalized spacial score (nSPS) is 15.0. The third-order valence-electron chi connectivity index (χ3n) is 4.16. The van der Waals surface area contributed by atoms with Gasteiger partial charge in [0.1, 0.15) is 11.5 Å². The Balaban J connectivity index is 1.93. The third kappa shape index (κ3) is 2.74. The van der Waals surface area contributed by atoms with Crippen LogP contribution >= 0.6 is 0 Å². The number of Topliss-reactive ketones (excluding diaryl/α,β-unsaturated/α-hetero) is 1. The number of ether oxygens (including phenoxy) is 2. The number of carbonyl (C=O) groups is 1. The summed E-state index contributed by atoms with van der Waals surface area (Å²) >= 11 is 0. The Morgan fingerprint density at radius 2 is 1.78 bits per heavy atom. The molecular formula is C20H20O3. The minimum atomic E-state index is -0.0845. The molecule has 0 radical (unpaired) electrons. The lowest BCUT2D eigenvalue weighted by atomic mass is 10.0. The summed E-state index contributed by atoms with van der Waals surface area (Å²) in [6, 6.07) is 11.7. The van der Waals surface area contributed by atoms with E-state index in [-0.39, 0.29) is 5.78 Å². The second kappa shape index (κ2) is 5.92. The van der Waals surface area contributed by atoms with Gasteiger partial charge in [0, 0.05) is 5.56 Å². The van der Waals surface area contributed by atoms with Gasteiger partial charge in [-0.3, -0.25) is 4.79 Å². The predicted molar refractivity (Wildman–Crippen MR) is 91.2 cm³/mol. The molecule has 1 aliphatic heterocycles. The Kier molecular flexibility index (Phi) is 3.95. The smallest absolute Gasteiger partial charge is 0.231 e. The van der Waals surface area contributed by atoms with Crippen LogP contribution in [0.4, 0.5) is 0 Å². The molecule has 0 aromatic heterocycles. The maximum absolute atomic E-state index is 12.5. The third-order valence-corrected chi connectivity index (χ3v) is 4.16. The van der Waals surface area contributed by atoms with Crippen molar-refractivity contribution in [1.29, 1.82) is 0 Å². The second-order valence-corrected chi connectivity index (χ2v) is 6.03. The summed E-state index contributed by atoms with van der Waals surface area (Å²) in [6.45, 7) is 6.21. The van der Waals surface area contributed by atoms with Gasteiger partial charge < -0.3 is 9.47 Å². The maximum atomic E-state index is 12.5. The van der Waals surface area contributed by atoms with Crippen LogP contribution in [0.25, 0.3) is 6.08 Å². The van der Waals surface area contributed by atoms with E-state index >= 15 is 0 Å². The fraction of sp³-hybridized carbons (Fsp3) is 0.250. The fourth-order valence-corrected chi connectivity index (χ4v) is 2.72. The van der Waals surface area contributed by atoms with Gasteiger partial charge in [-0.15, -0.1) is 0 Å². The predicted octanol–water partition coefficient (Wildman–Crippen LogP) is 4.74. The molecule has 0 saturated carbocycles. The fourth-order valence-electron chi connectivity index (χ4n) is 2.72. The molecule has 0 unspecified atom stereocenters. The lowest BCUT2D eigenvalue weighted by Gasteiger charge is -2.07. The SMILES string of the molecule is COc1ccc2c(c1C)O/C(=C\c1ccc(C(C)C)cc1)C2=O. The zero-order valence-corrected chi connectivity index (χ0v) is 13.8. The van der Waals surface area contributed by atoms with E-state index in [1.807, 2.05) is 19.1 Å². The molecule has 0 atom stereocenters. The standard InChI is InChI=1S/C20H20O3/c1-12(2)15-7-5-14(6-8-15)11-18-19(21)16-9-10-17(22-4)13(3)20(16)23-18/h5-12H,1-4H3/b18-11-. The highest BCUT2D eigenvalue weighted by molar-refractivity contribution is 6.14. The Labute approximate surface area is 136 Å². The largest absolute Gasteiger partial charge is 0.496 e. The average Bonchev–Trinajstić information content (AvgIpc) is 2.86. The van der Waals surface area contributed by atoms with E-state index in [4.69, 9.17) is 9.47 Å². The molecule has 2 aromatic carbocycles. The van der Waals surface area contributed by atoms with E-state index < -0.39 is 0 Å². The minimum absolute atomic E-state index is 0.0845. The van der Waals surface area contributed by atoms with Crippen LogP contribution in [-0.2, 0) is 0 Å². The molecule has 3 nitrogen and oxygen atoms in total.